The van der Waals surface area contributed by atoms with Gasteiger partial charge in [0.1, 0.15) is 34.6 Å². The minimum Gasteiger partial charge on any atom is -0.423 e. The summed E-state index contributed by atoms with van der Waals surface area (Å²) in [5, 5.41) is 28.3. The second-order valence-corrected chi connectivity index (χ2v) is 9.54. The number of pyridine rings is 1. The summed E-state index contributed by atoms with van der Waals surface area (Å²) in [6, 6.07) is 5.04. The second-order valence-electron chi connectivity index (χ2n) is 9.54. The molecule has 0 spiro atoms. The smallest absolute Gasteiger partial charge is 0.423 e. The number of amidine groups is 1. The molecule has 14 heteroatoms. The zero-order valence-corrected chi connectivity index (χ0v) is 20.7. The zero-order valence-electron chi connectivity index (χ0n) is 20.7. The number of amides is 1. The average molecular weight is 537 g/mol. The van der Waals surface area contributed by atoms with Crippen LogP contribution in [0.25, 0.3) is 0 Å². The first kappa shape index (κ1) is 29.0. The monoisotopic (exact) mass is 537 g/mol. The van der Waals surface area contributed by atoms with Crippen molar-refractivity contribution >= 4 is 30.0 Å². The predicted octanol–water partition coefficient (Wildman–Crippen LogP) is 2.53. The second kappa shape index (κ2) is 10.7. The van der Waals surface area contributed by atoms with Gasteiger partial charge in [-0.3, -0.25) is 4.79 Å². The van der Waals surface area contributed by atoms with Gasteiger partial charge in [-0.05, 0) is 63.3 Å². The highest BCUT2D eigenvalue weighted by Gasteiger charge is 2.37. The Morgan fingerprint density at radius 2 is 1.92 bits per heavy atom. The number of nitrogens with zero attached hydrogens (tertiary/aromatic N) is 4. The van der Waals surface area contributed by atoms with Gasteiger partial charge in [-0.1, -0.05) is 0 Å². The van der Waals surface area contributed by atoms with Crippen LogP contribution in [0.4, 0.5) is 27.6 Å². The number of nitrogens with two attached hydrogens (primary N) is 1. The van der Waals surface area contributed by atoms with Crippen LogP contribution in [-0.4, -0.2) is 46.5 Å². The molecule has 0 radical (unpaired) electrons. The molecule has 202 valence electrons. The van der Waals surface area contributed by atoms with Crippen LogP contribution in [-0.2, 0) is 16.6 Å². The zero-order chi connectivity index (χ0) is 28.6. The Balaban J connectivity index is 1.86. The number of alkyl halides is 4. The number of carbonyl (C=O) groups excluding carboxylic acids is 1. The summed E-state index contributed by atoms with van der Waals surface area (Å²) in [5.41, 5.74) is 1.15. The number of hydrogen-bond acceptors (Lipinski definition) is 6. The van der Waals surface area contributed by atoms with Gasteiger partial charge in [0.2, 0.25) is 0 Å². The Kier molecular flexibility index (Phi) is 8.14. The van der Waals surface area contributed by atoms with E-state index < -0.39 is 59.9 Å². The van der Waals surface area contributed by atoms with E-state index in [1.807, 2.05) is 0 Å². The number of halogens is 5. The van der Waals surface area contributed by atoms with E-state index in [1.165, 1.54) is 6.07 Å². The Hall–Kier alpha value is -3.57. The topological polar surface area (TPSA) is 136 Å². The number of benzene rings is 1. The molecule has 38 heavy (non-hydrogen) atoms. The quantitative estimate of drug-likeness (QED) is 0.231. The molecule has 1 aliphatic rings. The summed E-state index contributed by atoms with van der Waals surface area (Å²) in [6.07, 6.45) is -4.42. The highest BCUT2D eigenvalue weighted by Crippen LogP contribution is 2.34. The van der Waals surface area contributed by atoms with E-state index in [0.717, 1.165) is 26.0 Å². The number of anilines is 1. The summed E-state index contributed by atoms with van der Waals surface area (Å²) in [7, 11) is -1.96. The number of nitriles is 1. The van der Waals surface area contributed by atoms with Gasteiger partial charge in [0, 0.05) is 24.1 Å². The van der Waals surface area contributed by atoms with Crippen LogP contribution in [0.5, 0.6) is 0 Å². The molecule has 4 N–H and O–H groups in total. The first-order valence-corrected chi connectivity index (χ1v) is 11.6. The predicted molar refractivity (Wildman–Crippen MR) is 130 cm³/mol. The molecule has 2 heterocycles. The lowest BCUT2D eigenvalue weighted by molar-refractivity contribution is -0.141. The molecule has 1 saturated heterocycles. The van der Waals surface area contributed by atoms with Crippen LogP contribution >= 0.6 is 0 Å². The first-order valence-electron chi connectivity index (χ1n) is 11.6. The van der Waals surface area contributed by atoms with Gasteiger partial charge in [0.25, 0.3) is 5.91 Å². The molecule has 1 aromatic heterocycles. The van der Waals surface area contributed by atoms with Crippen LogP contribution in [0.15, 0.2) is 29.3 Å². The molecular formula is C24H25BF5N5O3. The van der Waals surface area contributed by atoms with Crippen molar-refractivity contribution in [3.05, 3.63) is 52.6 Å². The lowest BCUT2D eigenvalue weighted by atomic mass is 9.79. The van der Waals surface area contributed by atoms with E-state index in [0.29, 0.717) is 6.07 Å². The molecule has 0 bridgehead atoms. The maximum absolute atomic E-state index is 14.7. The minimum atomic E-state index is -4.81. The number of carbonyl (C=O) groups is 1. The maximum Gasteiger partial charge on any atom is 0.488 e. The van der Waals surface area contributed by atoms with Gasteiger partial charge < -0.3 is 20.7 Å². The van der Waals surface area contributed by atoms with E-state index in [2.05, 4.69) is 9.98 Å². The van der Waals surface area contributed by atoms with E-state index >= 15 is 0 Å². The van der Waals surface area contributed by atoms with Crippen LogP contribution in [0.3, 0.4) is 0 Å². The number of hydrogen-bond donors (Lipinski definition) is 3. The lowest BCUT2D eigenvalue weighted by Gasteiger charge is -2.39. The number of rotatable bonds is 5. The highest BCUT2D eigenvalue weighted by atomic mass is 19.4. The van der Waals surface area contributed by atoms with Crippen LogP contribution < -0.4 is 16.1 Å². The van der Waals surface area contributed by atoms with Crippen LogP contribution in [0, 0.1) is 23.1 Å². The maximum atomic E-state index is 14.7. The van der Waals surface area contributed by atoms with Gasteiger partial charge in [0.05, 0.1) is 11.4 Å². The molecule has 3 rings (SSSR count). The van der Waals surface area contributed by atoms with E-state index in [4.69, 9.17) is 5.73 Å². The molecule has 8 nitrogen and oxygen atoms in total. The first-order chi connectivity index (χ1) is 17.5. The third-order valence-electron chi connectivity index (χ3n) is 6.29. The van der Waals surface area contributed by atoms with Crippen molar-refractivity contribution in [3.8, 4) is 6.07 Å². The molecule has 1 fully saturated rings. The third-order valence-corrected chi connectivity index (χ3v) is 6.29. The molecule has 1 aliphatic heterocycles. The molecule has 0 saturated carbocycles. The largest absolute Gasteiger partial charge is 0.488 e. The van der Waals surface area contributed by atoms with Crippen LogP contribution in [0.1, 0.15) is 56.1 Å². The number of aromatic nitrogens is 1. The van der Waals surface area contributed by atoms with Gasteiger partial charge >= 0.3 is 13.3 Å². The lowest BCUT2D eigenvalue weighted by Crippen LogP contribution is -2.44. The molecule has 1 amide bonds. The van der Waals surface area contributed by atoms with E-state index in [-0.39, 0.29) is 41.7 Å². The fourth-order valence-electron chi connectivity index (χ4n) is 4.40. The van der Waals surface area contributed by atoms with Crippen molar-refractivity contribution in [2.75, 3.05) is 11.4 Å². The molecular weight excluding hydrogens is 512 g/mol. The molecule has 1 aromatic carbocycles. The summed E-state index contributed by atoms with van der Waals surface area (Å²) in [4.78, 5) is 21.8. The molecule has 2 atom stereocenters. The fourth-order valence-corrected chi connectivity index (χ4v) is 4.40. The number of piperidine rings is 1. The number of aliphatic imine (C=N–C) groups is 1. The third kappa shape index (κ3) is 6.11. The Bertz CT molecular complexity index is 1300. The normalized spacial score (nSPS) is 18.8. The Labute approximate surface area is 215 Å². The summed E-state index contributed by atoms with van der Waals surface area (Å²) < 4.78 is 68.4. The van der Waals surface area contributed by atoms with E-state index in [9.17, 15) is 42.1 Å². The fraction of sp³-hybridized carbons (Fsp3) is 0.417. The summed E-state index contributed by atoms with van der Waals surface area (Å²) in [5.74, 6) is -2.76. The van der Waals surface area contributed by atoms with Crippen molar-refractivity contribution in [1.82, 2.24) is 4.98 Å². The van der Waals surface area contributed by atoms with Gasteiger partial charge in [-0.25, -0.2) is 13.8 Å². The van der Waals surface area contributed by atoms with Crippen molar-refractivity contribution in [2.45, 2.75) is 51.5 Å². The highest BCUT2D eigenvalue weighted by molar-refractivity contribution is 6.58. The van der Waals surface area contributed by atoms with Crippen molar-refractivity contribution < 1.29 is 36.8 Å². The molecule has 2 aromatic rings. The van der Waals surface area contributed by atoms with Crippen LogP contribution in [0.2, 0.25) is 0 Å². The summed E-state index contributed by atoms with van der Waals surface area (Å²) in [6.45, 7) is 3.91. The Morgan fingerprint density at radius 1 is 1.26 bits per heavy atom. The van der Waals surface area contributed by atoms with Gasteiger partial charge in [-0.15, -0.1) is 0 Å². The minimum absolute atomic E-state index is 0.141. The van der Waals surface area contributed by atoms with Gasteiger partial charge in [0.15, 0.2) is 0 Å². The standard InChI is InChI=1S/C24H25BF5N5O3/c1-12-8-13(6-7-35(12)18-10-14(25(37)38)9-17(26)16(18)11-31)22(36)34-21(32)15-4-5-19(24(28,29)30)33-20(15)23(2,3)27/h4-5,9-10,12-13,37-38H,6-8H2,1-3H3,(H2,32,34,36). The van der Waals surface area contributed by atoms with Gasteiger partial charge in [-0.2, -0.15) is 23.4 Å². The molecule has 0 aliphatic carbocycles. The van der Waals surface area contributed by atoms with E-state index in [1.54, 1.807) is 17.9 Å². The van der Waals surface area contributed by atoms with Crippen molar-refractivity contribution in [1.29, 1.82) is 5.26 Å². The Morgan fingerprint density at radius 3 is 2.45 bits per heavy atom. The molecule has 2 unspecified atom stereocenters. The van der Waals surface area contributed by atoms with Crippen molar-refractivity contribution in [2.24, 2.45) is 16.6 Å². The van der Waals surface area contributed by atoms with Crippen molar-refractivity contribution in [3.63, 3.8) is 0 Å². The average Bonchev–Trinajstić information content (AvgIpc) is 2.81. The summed E-state index contributed by atoms with van der Waals surface area (Å²) >= 11 is 0. The SMILES string of the molecule is CC1CC(C(=O)N=C(N)c2ccc(C(F)(F)F)nc2C(C)(C)F)CCN1c1cc(B(O)O)cc(F)c1C#N.